The number of anilines is 3. The zero-order chi connectivity index (χ0) is 41.7. The molecule has 3 N–H and O–H groups in total. The highest BCUT2D eigenvalue weighted by Crippen LogP contribution is 2.47. The number of carboxylic acid groups (broad SMARTS) is 1. The molecule has 0 atom stereocenters. The molecule has 7 rings (SSSR count). The molecule has 0 saturated carbocycles. The number of para-hydroxylation sites is 2. The Balaban J connectivity index is 1.31. The Labute approximate surface area is 365 Å². The molecule has 0 spiro atoms. The minimum Gasteiger partial charge on any atom is -0.472 e. The second-order valence-corrected chi connectivity index (χ2v) is 17.3. The molecule has 60 heavy (non-hydrogen) atoms. The van der Waals surface area contributed by atoms with Gasteiger partial charge in [0.05, 0.1) is 16.4 Å². The molecular formula is C45H42N3O8S4+. The standard InChI is InChI=1S/C45H41N3O8S4/c1-32-14-21-40-38(30-32)46(26-8-28-57-55-53-51)42(59-40)23-19-34-17-18-35(45(34)48(36-10-4-2-5-11-36)37-12-6-3-7-13-37)20-24-43-47(27-9-29-58-56-54-52)39-31-33(16-25-44(49)50)15-22-41(39)60-43/h2-7,10-15,19-24,30-31H,8-9,17-18,26-29H2,1H3,(H2-,49,50,51,52)/p+1. The quantitative estimate of drug-likeness (QED) is 0.0193. The molecule has 0 unspecified atom stereocenters. The summed E-state index contributed by atoms with van der Waals surface area (Å²) in [6.45, 7) is 3.51. The summed E-state index contributed by atoms with van der Waals surface area (Å²) in [4.78, 5) is 17.1. The van der Waals surface area contributed by atoms with Gasteiger partial charge >= 0.3 is 5.97 Å². The van der Waals surface area contributed by atoms with E-state index in [1.54, 1.807) is 23.1 Å². The summed E-state index contributed by atoms with van der Waals surface area (Å²) in [6.07, 6.45) is 12.1. The van der Waals surface area contributed by atoms with Crippen LogP contribution in [0.1, 0.15) is 41.8 Å². The third-order valence-electron chi connectivity index (χ3n) is 9.68. The number of carbonyl (C=O) groups is 1. The third kappa shape index (κ3) is 10.9. The van der Waals surface area contributed by atoms with Crippen molar-refractivity contribution in [1.82, 2.24) is 0 Å². The average molecular weight is 881 g/mol. The van der Waals surface area contributed by atoms with Crippen molar-refractivity contribution >= 4 is 86.5 Å². The predicted octanol–water partition coefficient (Wildman–Crippen LogP) is 11.1. The Morgan fingerprint density at radius 3 is 2.30 bits per heavy atom. The lowest BCUT2D eigenvalue weighted by Crippen LogP contribution is -2.35. The first-order chi connectivity index (χ1) is 29.4. The van der Waals surface area contributed by atoms with Gasteiger partial charge in [0, 0.05) is 88.5 Å². The van der Waals surface area contributed by atoms with E-state index < -0.39 is 5.97 Å². The number of aromatic nitrogens is 1. The Kier molecular flexibility index (Phi) is 15.6. The Bertz CT molecular complexity index is 2440. The second kappa shape index (κ2) is 21.6. The van der Waals surface area contributed by atoms with Gasteiger partial charge in [0.25, 0.3) is 5.01 Å². The van der Waals surface area contributed by atoms with Crippen molar-refractivity contribution in [3.8, 4) is 11.8 Å². The Hall–Kier alpha value is -4.83. The lowest BCUT2D eigenvalue weighted by Gasteiger charge is -2.28. The van der Waals surface area contributed by atoms with Crippen molar-refractivity contribution in [1.29, 1.82) is 0 Å². The molecule has 0 amide bonds. The summed E-state index contributed by atoms with van der Waals surface area (Å²) in [5, 5.41) is 36.1. The molecule has 0 bridgehead atoms. The number of thioether (sulfide) groups is 1. The van der Waals surface area contributed by atoms with Crippen LogP contribution in [0.2, 0.25) is 0 Å². The smallest absolute Gasteiger partial charge is 0.382 e. The van der Waals surface area contributed by atoms with E-state index in [9.17, 15) is 9.90 Å². The largest absolute Gasteiger partial charge is 0.472 e. The maximum Gasteiger partial charge on any atom is 0.382 e. The fourth-order valence-electron chi connectivity index (χ4n) is 7.13. The van der Waals surface area contributed by atoms with E-state index in [0.29, 0.717) is 30.0 Å². The summed E-state index contributed by atoms with van der Waals surface area (Å²) in [5.74, 6) is 5.02. The SMILES string of the molecule is Cc1ccc2c(c1)N(CCCSOOO)/C(=C/C=C1\CCC(/C=C/c3sc4ccc(C#CC(=O)O)cc4[n+]3CCCSOOO)=C1N(c1ccccc1)c1ccccc1)S2. The number of benzene rings is 4. The number of fused-ring (bicyclic) bond motifs is 2. The number of aliphatic carboxylic acids is 1. The molecule has 1 aliphatic carbocycles. The van der Waals surface area contributed by atoms with Gasteiger partial charge in [0.1, 0.15) is 4.70 Å². The average Bonchev–Trinajstić information content (AvgIpc) is 3.94. The first-order valence-corrected chi connectivity index (χ1v) is 22.6. The molecule has 1 aliphatic heterocycles. The van der Waals surface area contributed by atoms with E-state index >= 15 is 0 Å². The zero-order valence-electron chi connectivity index (χ0n) is 32.6. The van der Waals surface area contributed by atoms with Crippen LogP contribution in [0.15, 0.2) is 142 Å². The summed E-state index contributed by atoms with van der Waals surface area (Å²) in [6, 6.07) is 33.2. The van der Waals surface area contributed by atoms with Crippen LogP contribution in [-0.4, -0.2) is 39.6 Å². The van der Waals surface area contributed by atoms with Crippen LogP contribution in [-0.2, 0) is 30.1 Å². The number of hydrogen-bond donors (Lipinski definition) is 3. The van der Waals surface area contributed by atoms with Gasteiger partial charge < -0.3 is 14.9 Å². The van der Waals surface area contributed by atoms with Crippen molar-refractivity contribution in [3.63, 3.8) is 0 Å². The topological polar surface area (TPSA) is 125 Å². The number of rotatable bonds is 18. The van der Waals surface area contributed by atoms with E-state index in [-0.39, 0.29) is 0 Å². The van der Waals surface area contributed by atoms with Gasteiger partial charge in [-0.05, 0) is 104 Å². The van der Waals surface area contributed by atoms with Gasteiger partial charge in [-0.25, -0.2) is 15.3 Å². The van der Waals surface area contributed by atoms with Crippen LogP contribution in [0.3, 0.4) is 0 Å². The molecular weight excluding hydrogens is 839 g/mol. The molecule has 0 radical (unpaired) electrons. The van der Waals surface area contributed by atoms with Crippen molar-refractivity contribution in [2.45, 2.75) is 44.0 Å². The maximum atomic E-state index is 11.2. The fraction of sp³-hybridized carbons (Fsp3) is 0.200. The Morgan fingerprint density at radius 2 is 1.60 bits per heavy atom. The molecule has 2 heterocycles. The molecule has 0 fully saturated rings. The number of hydrogen-bond acceptors (Lipinski definition) is 13. The number of thiazole rings is 1. The van der Waals surface area contributed by atoms with Gasteiger partial charge in [-0.3, -0.25) is 0 Å². The minimum atomic E-state index is -1.18. The lowest BCUT2D eigenvalue weighted by atomic mass is 10.1. The van der Waals surface area contributed by atoms with Gasteiger partial charge in [0.2, 0.25) is 5.52 Å². The van der Waals surface area contributed by atoms with Crippen LogP contribution < -0.4 is 14.4 Å². The first-order valence-electron chi connectivity index (χ1n) is 19.1. The molecule has 1 aromatic heterocycles. The van der Waals surface area contributed by atoms with Crippen LogP contribution >= 0.6 is 47.2 Å². The van der Waals surface area contributed by atoms with E-state index in [4.69, 9.17) is 10.5 Å². The number of allylic oxidation sites excluding steroid dienone is 5. The van der Waals surface area contributed by atoms with Gasteiger partial charge in [-0.15, -0.1) is 8.67 Å². The van der Waals surface area contributed by atoms with Gasteiger partial charge in [0.15, 0.2) is 6.54 Å². The third-order valence-corrected chi connectivity index (χ3v) is 13.2. The highest BCUT2D eigenvalue weighted by molar-refractivity contribution is 8.03. The molecule has 5 aromatic rings. The van der Waals surface area contributed by atoms with E-state index in [1.807, 2.05) is 30.3 Å². The van der Waals surface area contributed by atoms with Gasteiger partial charge in [-0.1, -0.05) is 87.6 Å². The van der Waals surface area contributed by atoms with Crippen LogP contribution in [0.5, 0.6) is 0 Å². The van der Waals surface area contributed by atoms with Crippen molar-refractivity contribution < 1.29 is 43.7 Å². The second-order valence-electron chi connectivity index (χ2n) is 13.6. The number of aryl methyl sites for hydroxylation is 2. The minimum absolute atomic E-state index is 0.571. The van der Waals surface area contributed by atoms with E-state index in [1.165, 1.54) is 27.3 Å². The first kappa shape index (κ1) is 43.3. The number of nitrogens with zero attached hydrogens (tertiary/aromatic N) is 3. The van der Waals surface area contributed by atoms with Crippen molar-refractivity contribution in [3.05, 3.63) is 153 Å². The van der Waals surface area contributed by atoms with Crippen molar-refractivity contribution in [2.75, 3.05) is 27.9 Å². The van der Waals surface area contributed by atoms with Crippen LogP contribution in [0.25, 0.3) is 16.3 Å². The summed E-state index contributed by atoms with van der Waals surface area (Å²) >= 11 is 5.51. The summed E-state index contributed by atoms with van der Waals surface area (Å²) in [5.41, 5.74) is 9.56. The maximum absolute atomic E-state index is 11.2. The van der Waals surface area contributed by atoms with E-state index in [2.05, 4.69) is 143 Å². The summed E-state index contributed by atoms with van der Waals surface area (Å²) in [7, 11) is 0. The van der Waals surface area contributed by atoms with Crippen LogP contribution in [0, 0.1) is 18.8 Å². The molecule has 2 aliphatic rings. The monoisotopic (exact) mass is 880 g/mol. The zero-order valence-corrected chi connectivity index (χ0v) is 35.8. The molecule has 15 heteroatoms. The highest BCUT2D eigenvalue weighted by atomic mass is 32.2. The molecule has 4 aromatic carbocycles. The number of carboxylic acids is 1. The molecule has 0 saturated heterocycles. The summed E-state index contributed by atoms with van der Waals surface area (Å²) < 4.78 is 12.5. The Morgan fingerprint density at radius 1 is 0.883 bits per heavy atom. The van der Waals surface area contributed by atoms with Crippen LogP contribution in [0.4, 0.5) is 17.1 Å². The van der Waals surface area contributed by atoms with E-state index in [0.717, 1.165) is 87.2 Å². The lowest BCUT2D eigenvalue weighted by molar-refractivity contribution is -0.668. The molecule has 11 nitrogen and oxygen atoms in total. The fourth-order valence-corrected chi connectivity index (χ4v) is 9.99. The van der Waals surface area contributed by atoms with Crippen molar-refractivity contribution in [2.24, 2.45) is 0 Å². The molecule has 308 valence electrons. The highest BCUT2D eigenvalue weighted by Gasteiger charge is 2.28. The van der Waals surface area contributed by atoms with Gasteiger partial charge in [-0.2, -0.15) is 4.57 Å². The predicted molar refractivity (Wildman–Crippen MR) is 241 cm³/mol. The normalized spacial score (nSPS) is 15.1.